The van der Waals surface area contributed by atoms with Crippen LogP contribution in [0.4, 0.5) is 0 Å². The van der Waals surface area contributed by atoms with Gasteiger partial charge in [0.2, 0.25) is 5.88 Å². The highest BCUT2D eigenvalue weighted by Crippen LogP contribution is 2.20. The summed E-state index contributed by atoms with van der Waals surface area (Å²) in [4.78, 5) is 11.0. The van der Waals surface area contributed by atoms with E-state index in [4.69, 9.17) is 9.84 Å². The van der Waals surface area contributed by atoms with Crippen molar-refractivity contribution in [3.63, 3.8) is 0 Å². The number of aromatic nitrogens is 2. The molecule has 0 bridgehead atoms. The summed E-state index contributed by atoms with van der Waals surface area (Å²) >= 11 is 0. The van der Waals surface area contributed by atoms with Crippen molar-refractivity contribution in [3.8, 4) is 5.88 Å². The zero-order valence-corrected chi connectivity index (χ0v) is 11.4. The number of hydrogen-bond acceptors (Lipinski definition) is 4. The Morgan fingerprint density at radius 2 is 2.28 bits per heavy atom. The maximum absolute atomic E-state index is 11.0. The van der Waals surface area contributed by atoms with E-state index in [0.29, 0.717) is 18.8 Å². The van der Waals surface area contributed by atoms with Crippen molar-refractivity contribution in [1.82, 2.24) is 15.1 Å². The molecule has 2 N–H and O–H groups in total. The lowest BCUT2D eigenvalue weighted by atomic mass is 10.1. The number of methoxy groups -OCH3 is 1. The molecule has 6 nitrogen and oxygen atoms in total. The first-order chi connectivity index (χ1) is 8.51. The predicted molar refractivity (Wildman–Crippen MR) is 67.7 cm³/mol. The van der Waals surface area contributed by atoms with Crippen LogP contribution >= 0.6 is 0 Å². The van der Waals surface area contributed by atoms with Gasteiger partial charge in [0.25, 0.3) is 0 Å². The van der Waals surface area contributed by atoms with Crippen LogP contribution in [0.15, 0.2) is 0 Å². The van der Waals surface area contributed by atoms with Crippen LogP contribution in [-0.4, -0.2) is 34.0 Å². The van der Waals surface area contributed by atoms with Gasteiger partial charge in [-0.15, -0.1) is 0 Å². The van der Waals surface area contributed by atoms with Crippen molar-refractivity contribution >= 4 is 5.97 Å². The molecule has 0 saturated carbocycles. The molecule has 1 aromatic rings. The molecular formula is C12H21N3O3. The van der Waals surface area contributed by atoms with Gasteiger partial charge in [0.05, 0.1) is 18.4 Å². The number of aliphatic carboxylic acids is 1. The quantitative estimate of drug-likeness (QED) is 0.762. The number of nitrogens with one attached hydrogen (secondary N) is 1. The molecule has 18 heavy (non-hydrogen) atoms. The molecule has 102 valence electrons. The fourth-order valence-corrected chi connectivity index (χ4v) is 1.97. The largest absolute Gasteiger partial charge is 0.481 e. The van der Waals surface area contributed by atoms with Crippen LogP contribution in [0.2, 0.25) is 0 Å². The van der Waals surface area contributed by atoms with Gasteiger partial charge in [-0.1, -0.05) is 13.3 Å². The number of hydrogen-bond donors (Lipinski definition) is 2. The number of carboxylic acid groups (broad SMARTS) is 1. The molecule has 0 amide bonds. The summed E-state index contributed by atoms with van der Waals surface area (Å²) in [6.07, 6.45) is 1.43. The highest BCUT2D eigenvalue weighted by molar-refractivity contribution is 5.73. The molecule has 0 fully saturated rings. The number of aryl methyl sites for hydroxylation is 2. The summed E-state index contributed by atoms with van der Waals surface area (Å²) in [7, 11) is 3.39. The van der Waals surface area contributed by atoms with Crippen molar-refractivity contribution in [2.45, 2.75) is 39.3 Å². The highest BCUT2D eigenvalue weighted by atomic mass is 16.5. The summed E-state index contributed by atoms with van der Waals surface area (Å²) in [6.45, 7) is 4.29. The summed E-state index contributed by atoms with van der Waals surface area (Å²) in [5, 5.41) is 16.4. The van der Waals surface area contributed by atoms with E-state index in [2.05, 4.69) is 10.4 Å². The van der Waals surface area contributed by atoms with E-state index in [9.17, 15) is 4.79 Å². The average molecular weight is 255 g/mol. The molecule has 0 aliphatic rings. The van der Waals surface area contributed by atoms with E-state index in [0.717, 1.165) is 17.7 Å². The van der Waals surface area contributed by atoms with Crippen LogP contribution in [0.25, 0.3) is 0 Å². The molecule has 1 heterocycles. The smallest absolute Gasteiger partial charge is 0.320 e. The van der Waals surface area contributed by atoms with Gasteiger partial charge in [0.15, 0.2) is 0 Å². The monoisotopic (exact) mass is 255 g/mol. The van der Waals surface area contributed by atoms with Crippen molar-refractivity contribution < 1.29 is 14.6 Å². The van der Waals surface area contributed by atoms with Crippen molar-refractivity contribution in [1.29, 1.82) is 0 Å². The second-order valence-electron chi connectivity index (χ2n) is 4.26. The minimum Gasteiger partial charge on any atom is -0.481 e. The second-order valence-corrected chi connectivity index (χ2v) is 4.26. The summed E-state index contributed by atoms with van der Waals surface area (Å²) in [5.41, 5.74) is 1.75. The Labute approximate surface area is 107 Å². The topological polar surface area (TPSA) is 76.4 Å². The van der Waals surface area contributed by atoms with Gasteiger partial charge < -0.3 is 15.2 Å². The van der Waals surface area contributed by atoms with E-state index >= 15 is 0 Å². The van der Waals surface area contributed by atoms with Gasteiger partial charge in [-0.2, -0.15) is 5.10 Å². The molecule has 0 spiro atoms. The molecule has 0 aliphatic heterocycles. The Bertz CT molecular complexity index is 415. The van der Waals surface area contributed by atoms with Crippen LogP contribution in [0, 0.1) is 6.92 Å². The first-order valence-corrected chi connectivity index (χ1v) is 6.03. The Kier molecular flexibility index (Phi) is 5.15. The lowest BCUT2D eigenvalue weighted by Gasteiger charge is -2.13. The fourth-order valence-electron chi connectivity index (χ4n) is 1.97. The average Bonchev–Trinajstić information content (AvgIpc) is 2.58. The Morgan fingerprint density at radius 1 is 1.61 bits per heavy atom. The SMILES string of the molecule is CCCC(NCc1c(C)nn(C)c1OC)C(=O)O. The number of rotatable bonds is 7. The van der Waals surface area contributed by atoms with E-state index in [1.54, 1.807) is 18.8 Å². The standard InChI is InChI=1S/C12H21N3O3/c1-5-6-10(12(16)17)13-7-9-8(2)14-15(3)11(9)18-4/h10,13H,5-7H2,1-4H3,(H,16,17). The zero-order valence-electron chi connectivity index (χ0n) is 11.4. The predicted octanol–water partition coefficient (Wildman–Crippen LogP) is 1.08. The zero-order chi connectivity index (χ0) is 13.7. The van der Waals surface area contributed by atoms with E-state index in [-0.39, 0.29) is 0 Å². The first-order valence-electron chi connectivity index (χ1n) is 6.03. The van der Waals surface area contributed by atoms with E-state index in [1.807, 2.05) is 13.8 Å². The highest BCUT2D eigenvalue weighted by Gasteiger charge is 2.19. The van der Waals surface area contributed by atoms with Gasteiger partial charge in [-0.3, -0.25) is 4.79 Å². The van der Waals surface area contributed by atoms with Crippen LogP contribution in [0.5, 0.6) is 5.88 Å². The molecule has 0 aromatic carbocycles. The lowest BCUT2D eigenvalue weighted by molar-refractivity contribution is -0.139. The van der Waals surface area contributed by atoms with Crippen LogP contribution in [0.3, 0.4) is 0 Å². The lowest BCUT2D eigenvalue weighted by Crippen LogP contribution is -2.36. The molecule has 1 aromatic heterocycles. The summed E-state index contributed by atoms with van der Waals surface area (Å²) < 4.78 is 6.92. The Balaban J connectivity index is 2.75. The van der Waals surface area contributed by atoms with Crippen molar-refractivity contribution in [2.24, 2.45) is 7.05 Å². The third-order valence-corrected chi connectivity index (χ3v) is 2.88. The molecular weight excluding hydrogens is 234 g/mol. The Hall–Kier alpha value is -1.56. The summed E-state index contributed by atoms with van der Waals surface area (Å²) in [6, 6.07) is -0.528. The molecule has 0 saturated heterocycles. The maximum atomic E-state index is 11.0. The van der Waals surface area contributed by atoms with E-state index < -0.39 is 12.0 Å². The van der Waals surface area contributed by atoms with Gasteiger partial charge in [0, 0.05) is 13.6 Å². The molecule has 1 rings (SSSR count). The van der Waals surface area contributed by atoms with Crippen LogP contribution in [-0.2, 0) is 18.4 Å². The van der Waals surface area contributed by atoms with Crippen molar-refractivity contribution in [3.05, 3.63) is 11.3 Å². The second kappa shape index (κ2) is 6.39. The fraction of sp³-hybridized carbons (Fsp3) is 0.667. The summed E-state index contributed by atoms with van der Waals surface area (Å²) in [5.74, 6) is -0.155. The molecule has 1 atom stereocenters. The molecule has 0 radical (unpaired) electrons. The third kappa shape index (κ3) is 3.22. The van der Waals surface area contributed by atoms with Crippen LogP contribution < -0.4 is 10.1 Å². The molecule has 6 heteroatoms. The third-order valence-electron chi connectivity index (χ3n) is 2.88. The number of ether oxygens (including phenoxy) is 1. The number of carboxylic acids is 1. The van der Waals surface area contributed by atoms with Gasteiger partial charge >= 0.3 is 5.97 Å². The minimum absolute atomic E-state index is 0.444. The van der Waals surface area contributed by atoms with Crippen molar-refractivity contribution in [2.75, 3.05) is 7.11 Å². The normalized spacial score (nSPS) is 12.4. The van der Waals surface area contributed by atoms with E-state index in [1.165, 1.54) is 0 Å². The van der Waals surface area contributed by atoms with Gasteiger partial charge in [0.1, 0.15) is 6.04 Å². The number of nitrogens with zero attached hydrogens (tertiary/aromatic N) is 2. The first kappa shape index (κ1) is 14.5. The minimum atomic E-state index is -0.822. The van der Waals surface area contributed by atoms with Gasteiger partial charge in [-0.25, -0.2) is 4.68 Å². The van der Waals surface area contributed by atoms with Gasteiger partial charge in [-0.05, 0) is 13.3 Å². The van der Waals surface area contributed by atoms with Crippen LogP contribution in [0.1, 0.15) is 31.0 Å². The maximum Gasteiger partial charge on any atom is 0.320 e. The molecule has 0 aliphatic carbocycles. The Morgan fingerprint density at radius 3 is 2.78 bits per heavy atom. The number of carbonyl (C=O) groups is 1. The molecule has 1 unspecified atom stereocenters.